The third-order valence-corrected chi connectivity index (χ3v) is 5.28. The second-order valence-corrected chi connectivity index (χ2v) is 7.69. The lowest BCUT2D eigenvalue weighted by Gasteiger charge is -2.16. The van der Waals surface area contributed by atoms with Crippen LogP contribution in [0.5, 0.6) is 0 Å². The highest BCUT2D eigenvalue weighted by Crippen LogP contribution is 2.34. The normalized spacial score (nSPS) is 10.8. The van der Waals surface area contributed by atoms with Crippen molar-refractivity contribution in [1.29, 1.82) is 0 Å². The van der Waals surface area contributed by atoms with Crippen molar-refractivity contribution in [3.05, 3.63) is 130 Å². The molecule has 0 spiro atoms. The summed E-state index contributed by atoms with van der Waals surface area (Å²) in [5, 5.41) is 0. The lowest BCUT2D eigenvalue weighted by atomic mass is 9.87. The molecule has 0 N–H and O–H groups in total. The first-order valence-corrected chi connectivity index (χ1v) is 10.1. The van der Waals surface area contributed by atoms with Gasteiger partial charge in [0.25, 0.3) is 0 Å². The van der Waals surface area contributed by atoms with Crippen molar-refractivity contribution < 1.29 is 9.18 Å². The van der Waals surface area contributed by atoms with E-state index in [9.17, 15) is 4.79 Å². The highest BCUT2D eigenvalue weighted by atomic mass is 19.1. The van der Waals surface area contributed by atoms with Crippen molar-refractivity contribution in [1.82, 2.24) is 0 Å². The Kier molecular flexibility index (Phi) is 5.58. The Bertz CT molecular complexity index is 1190. The largest absolute Gasteiger partial charge is 0.289 e. The summed E-state index contributed by atoms with van der Waals surface area (Å²) in [6, 6.07) is 28.5. The molecular formula is C28H23FO. The van der Waals surface area contributed by atoms with E-state index in [-0.39, 0.29) is 11.6 Å². The Balaban J connectivity index is 1.90. The number of hydrogen-bond acceptors (Lipinski definition) is 1. The summed E-state index contributed by atoms with van der Waals surface area (Å²) in [5.41, 5.74) is 6.08. The van der Waals surface area contributed by atoms with Gasteiger partial charge in [0.15, 0.2) is 5.78 Å². The molecule has 2 heteroatoms. The molecule has 0 unspecified atom stereocenters. The van der Waals surface area contributed by atoms with Crippen molar-refractivity contribution in [2.45, 2.75) is 20.3 Å². The Morgan fingerprint density at radius 1 is 0.767 bits per heavy atom. The topological polar surface area (TPSA) is 17.1 Å². The van der Waals surface area contributed by atoms with Gasteiger partial charge in [0, 0.05) is 16.7 Å². The first-order valence-electron chi connectivity index (χ1n) is 10.1. The zero-order chi connectivity index (χ0) is 21.1. The molecule has 0 aliphatic heterocycles. The number of aryl methyl sites for hydroxylation is 2. The SMILES string of the molecule is Cc1ccc(-c2c(F)cc(C)cc2C(=O)c2ccccc2)c(Cc2ccccc2)c1. The van der Waals surface area contributed by atoms with Gasteiger partial charge in [-0.2, -0.15) is 0 Å². The van der Waals surface area contributed by atoms with Gasteiger partial charge in [0.05, 0.1) is 0 Å². The Morgan fingerprint density at radius 3 is 2.13 bits per heavy atom. The molecule has 30 heavy (non-hydrogen) atoms. The first-order chi connectivity index (χ1) is 14.5. The van der Waals surface area contributed by atoms with E-state index in [1.807, 2.05) is 62.4 Å². The maximum Gasteiger partial charge on any atom is 0.193 e. The van der Waals surface area contributed by atoms with Crippen molar-refractivity contribution in [2.75, 3.05) is 0 Å². The molecule has 0 bridgehead atoms. The standard InChI is InChI=1S/C28H23FO/c1-19-13-14-24(23(15-19)18-21-9-5-3-6-10-21)27-25(16-20(2)17-26(27)29)28(30)22-11-7-4-8-12-22/h3-17H,18H2,1-2H3. The van der Waals surface area contributed by atoms with Gasteiger partial charge in [-0.15, -0.1) is 0 Å². The molecule has 0 saturated heterocycles. The zero-order valence-corrected chi connectivity index (χ0v) is 17.2. The molecule has 4 rings (SSSR count). The van der Waals surface area contributed by atoms with E-state index in [4.69, 9.17) is 0 Å². The molecule has 0 fully saturated rings. The third-order valence-electron chi connectivity index (χ3n) is 5.28. The summed E-state index contributed by atoms with van der Waals surface area (Å²) in [6.45, 7) is 3.84. The lowest BCUT2D eigenvalue weighted by molar-refractivity contribution is 0.103. The minimum Gasteiger partial charge on any atom is -0.289 e. The number of rotatable bonds is 5. The van der Waals surface area contributed by atoms with Crippen LogP contribution in [-0.2, 0) is 6.42 Å². The molecule has 4 aromatic rings. The molecule has 0 aliphatic rings. The zero-order valence-electron chi connectivity index (χ0n) is 17.2. The number of benzene rings is 4. The molecular weight excluding hydrogens is 371 g/mol. The summed E-state index contributed by atoms with van der Waals surface area (Å²) in [4.78, 5) is 13.3. The summed E-state index contributed by atoms with van der Waals surface area (Å²) in [7, 11) is 0. The van der Waals surface area contributed by atoms with Crippen LogP contribution in [-0.4, -0.2) is 5.78 Å². The van der Waals surface area contributed by atoms with Crippen LogP contribution in [0.25, 0.3) is 11.1 Å². The molecule has 0 saturated carbocycles. The second kappa shape index (κ2) is 8.46. The van der Waals surface area contributed by atoms with Crippen LogP contribution in [0, 0.1) is 19.7 Å². The van der Waals surface area contributed by atoms with Crippen LogP contribution >= 0.6 is 0 Å². The Hall–Kier alpha value is -3.52. The maximum absolute atomic E-state index is 15.3. The average Bonchev–Trinajstić information content (AvgIpc) is 2.75. The number of carbonyl (C=O) groups is 1. The number of hydrogen-bond donors (Lipinski definition) is 0. The molecule has 4 aromatic carbocycles. The van der Waals surface area contributed by atoms with E-state index < -0.39 is 0 Å². The van der Waals surface area contributed by atoms with Crippen LogP contribution in [0.4, 0.5) is 4.39 Å². The Labute approximate surface area is 176 Å². The molecule has 0 aliphatic carbocycles. The maximum atomic E-state index is 15.3. The fraction of sp³-hybridized carbons (Fsp3) is 0.107. The van der Waals surface area contributed by atoms with Gasteiger partial charge in [-0.3, -0.25) is 4.79 Å². The molecule has 148 valence electrons. The molecule has 0 heterocycles. The monoisotopic (exact) mass is 394 g/mol. The van der Waals surface area contributed by atoms with E-state index in [2.05, 4.69) is 18.2 Å². The van der Waals surface area contributed by atoms with Crippen LogP contribution in [0.3, 0.4) is 0 Å². The second-order valence-electron chi connectivity index (χ2n) is 7.69. The first kappa shape index (κ1) is 19.8. The van der Waals surface area contributed by atoms with Crippen LogP contribution in [0.2, 0.25) is 0 Å². The van der Waals surface area contributed by atoms with E-state index in [1.54, 1.807) is 18.2 Å². The molecule has 0 radical (unpaired) electrons. The molecule has 0 atom stereocenters. The van der Waals surface area contributed by atoms with Gasteiger partial charge >= 0.3 is 0 Å². The van der Waals surface area contributed by atoms with Crippen LogP contribution < -0.4 is 0 Å². The Morgan fingerprint density at radius 2 is 1.43 bits per heavy atom. The van der Waals surface area contributed by atoms with Crippen molar-refractivity contribution in [2.24, 2.45) is 0 Å². The summed E-state index contributed by atoms with van der Waals surface area (Å²) >= 11 is 0. The van der Waals surface area contributed by atoms with Gasteiger partial charge in [-0.1, -0.05) is 84.4 Å². The average molecular weight is 394 g/mol. The highest BCUT2D eigenvalue weighted by Gasteiger charge is 2.21. The minimum absolute atomic E-state index is 0.167. The van der Waals surface area contributed by atoms with Crippen LogP contribution in [0.15, 0.2) is 91.0 Å². The van der Waals surface area contributed by atoms with Crippen LogP contribution in [0.1, 0.15) is 38.2 Å². The number of carbonyl (C=O) groups excluding carboxylic acids is 1. The number of halogens is 1. The van der Waals surface area contributed by atoms with Crippen molar-refractivity contribution >= 4 is 5.78 Å². The van der Waals surface area contributed by atoms with Crippen molar-refractivity contribution in [3.8, 4) is 11.1 Å². The molecule has 0 aromatic heterocycles. The van der Waals surface area contributed by atoms with E-state index >= 15 is 4.39 Å². The van der Waals surface area contributed by atoms with Gasteiger partial charge < -0.3 is 0 Å². The highest BCUT2D eigenvalue weighted by molar-refractivity contribution is 6.13. The van der Waals surface area contributed by atoms with Crippen molar-refractivity contribution in [3.63, 3.8) is 0 Å². The van der Waals surface area contributed by atoms with Gasteiger partial charge in [0.2, 0.25) is 0 Å². The van der Waals surface area contributed by atoms with Gasteiger partial charge in [-0.25, -0.2) is 4.39 Å². The minimum atomic E-state index is -0.368. The third kappa shape index (κ3) is 4.08. The molecule has 1 nitrogen and oxygen atoms in total. The summed E-state index contributed by atoms with van der Waals surface area (Å²) in [6.07, 6.45) is 0.671. The van der Waals surface area contributed by atoms with E-state index in [1.165, 1.54) is 6.07 Å². The van der Waals surface area contributed by atoms with E-state index in [0.29, 0.717) is 23.1 Å². The molecule has 0 amide bonds. The predicted molar refractivity (Wildman–Crippen MR) is 120 cm³/mol. The van der Waals surface area contributed by atoms with Gasteiger partial charge in [0.1, 0.15) is 5.82 Å². The lowest BCUT2D eigenvalue weighted by Crippen LogP contribution is -2.07. The smallest absolute Gasteiger partial charge is 0.193 e. The summed E-state index contributed by atoms with van der Waals surface area (Å²) in [5.74, 6) is -0.535. The van der Waals surface area contributed by atoms with E-state index in [0.717, 1.165) is 27.8 Å². The fourth-order valence-corrected chi connectivity index (χ4v) is 3.87. The fourth-order valence-electron chi connectivity index (χ4n) is 3.87. The quantitative estimate of drug-likeness (QED) is 0.335. The van der Waals surface area contributed by atoms with Gasteiger partial charge in [-0.05, 0) is 54.7 Å². The predicted octanol–water partition coefficient (Wildman–Crippen LogP) is 6.93. The summed E-state index contributed by atoms with van der Waals surface area (Å²) < 4.78 is 15.3. The number of ketones is 1.